The molecule has 4 heteroatoms. The molecule has 2 heterocycles. The van der Waals surface area contributed by atoms with Gasteiger partial charge < -0.3 is 20.1 Å². The summed E-state index contributed by atoms with van der Waals surface area (Å²) in [4.78, 5) is 2.27. The molecule has 0 atom stereocenters. The van der Waals surface area contributed by atoms with Crippen LogP contribution in [0, 0.1) is 0 Å². The Morgan fingerprint density at radius 2 is 2.00 bits per heavy atom. The van der Waals surface area contributed by atoms with E-state index in [0.29, 0.717) is 5.75 Å². The highest BCUT2D eigenvalue weighted by Gasteiger charge is 2.18. The van der Waals surface area contributed by atoms with Gasteiger partial charge in [0.1, 0.15) is 5.75 Å². The molecule has 0 radical (unpaired) electrons. The second kappa shape index (κ2) is 3.96. The standard InChI is InChI=1S/C12H16N2O2/c15-12-6-10(14-1-3-16-4-2-14)5-9-7-13-8-11(9)12/h5-6,13,15H,1-4,7-8H2. The molecule has 0 amide bonds. The van der Waals surface area contributed by atoms with Crippen molar-refractivity contribution in [3.8, 4) is 5.75 Å². The number of hydrogen-bond acceptors (Lipinski definition) is 4. The normalized spacial score (nSPS) is 19.9. The number of hydrogen-bond donors (Lipinski definition) is 2. The summed E-state index contributed by atoms with van der Waals surface area (Å²) in [6.45, 7) is 5.01. The number of ether oxygens (including phenoxy) is 1. The summed E-state index contributed by atoms with van der Waals surface area (Å²) < 4.78 is 5.33. The molecule has 1 aromatic rings. The predicted molar refractivity (Wildman–Crippen MR) is 61.7 cm³/mol. The topological polar surface area (TPSA) is 44.7 Å². The van der Waals surface area contributed by atoms with Gasteiger partial charge in [-0.25, -0.2) is 0 Å². The van der Waals surface area contributed by atoms with Crippen LogP contribution >= 0.6 is 0 Å². The van der Waals surface area contributed by atoms with Crippen molar-refractivity contribution in [2.24, 2.45) is 0 Å². The summed E-state index contributed by atoms with van der Waals surface area (Å²) in [5, 5.41) is 13.2. The second-order valence-electron chi connectivity index (χ2n) is 4.31. The van der Waals surface area contributed by atoms with E-state index in [0.717, 1.165) is 50.6 Å². The summed E-state index contributed by atoms with van der Waals surface area (Å²) in [6, 6.07) is 4.05. The maximum Gasteiger partial charge on any atom is 0.122 e. The molecule has 86 valence electrons. The van der Waals surface area contributed by atoms with Gasteiger partial charge in [0.05, 0.1) is 13.2 Å². The van der Waals surface area contributed by atoms with Crippen LogP contribution in [0.25, 0.3) is 0 Å². The van der Waals surface area contributed by atoms with Crippen molar-refractivity contribution in [2.45, 2.75) is 13.1 Å². The van der Waals surface area contributed by atoms with Crippen LogP contribution < -0.4 is 10.2 Å². The SMILES string of the molecule is Oc1cc(N2CCOCC2)cc2c1CNC2. The largest absolute Gasteiger partial charge is 0.508 e. The van der Waals surface area contributed by atoms with Crippen molar-refractivity contribution in [1.29, 1.82) is 0 Å². The molecule has 0 bridgehead atoms. The van der Waals surface area contributed by atoms with Gasteiger partial charge in [-0.1, -0.05) is 0 Å². The number of nitrogens with one attached hydrogen (secondary N) is 1. The fourth-order valence-corrected chi connectivity index (χ4v) is 2.39. The molecule has 16 heavy (non-hydrogen) atoms. The minimum Gasteiger partial charge on any atom is -0.508 e. The third-order valence-electron chi connectivity index (χ3n) is 3.30. The Morgan fingerprint density at radius 3 is 2.81 bits per heavy atom. The van der Waals surface area contributed by atoms with E-state index in [1.165, 1.54) is 5.56 Å². The second-order valence-corrected chi connectivity index (χ2v) is 4.31. The van der Waals surface area contributed by atoms with Crippen molar-refractivity contribution >= 4 is 5.69 Å². The number of fused-ring (bicyclic) bond motifs is 1. The molecule has 2 aliphatic heterocycles. The number of rotatable bonds is 1. The van der Waals surface area contributed by atoms with Gasteiger partial charge in [0.25, 0.3) is 0 Å². The molecule has 2 aliphatic rings. The van der Waals surface area contributed by atoms with Crippen molar-refractivity contribution in [3.63, 3.8) is 0 Å². The van der Waals surface area contributed by atoms with Crippen LogP contribution in [0.4, 0.5) is 5.69 Å². The van der Waals surface area contributed by atoms with E-state index >= 15 is 0 Å². The van der Waals surface area contributed by atoms with Crippen molar-refractivity contribution in [2.75, 3.05) is 31.2 Å². The van der Waals surface area contributed by atoms with Crippen molar-refractivity contribution in [3.05, 3.63) is 23.3 Å². The number of phenolic OH excluding ortho intramolecular Hbond substituents is 1. The molecule has 0 aliphatic carbocycles. The fourth-order valence-electron chi connectivity index (χ4n) is 2.39. The quantitative estimate of drug-likeness (QED) is 0.736. The van der Waals surface area contributed by atoms with Gasteiger partial charge in [-0.15, -0.1) is 0 Å². The van der Waals surface area contributed by atoms with Crippen LogP contribution in [0.1, 0.15) is 11.1 Å². The Labute approximate surface area is 94.8 Å². The summed E-state index contributed by atoms with van der Waals surface area (Å²) in [5.74, 6) is 0.420. The van der Waals surface area contributed by atoms with E-state index in [9.17, 15) is 5.11 Å². The third kappa shape index (κ3) is 1.64. The molecule has 4 nitrogen and oxygen atoms in total. The molecule has 1 aromatic carbocycles. The number of phenols is 1. The zero-order valence-electron chi connectivity index (χ0n) is 9.20. The molecule has 1 fully saturated rings. The van der Waals surface area contributed by atoms with E-state index in [4.69, 9.17) is 4.74 Å². The van der Waals surface area contributed by atoms with Crippen LogP contribution in [0.15, 0.2) is 12.1 Å². The van der Waals surface area contributed by atoms with Gasteiger partial charge in [-0.2, -0.15) is 0 Å². The highest BCUT2D eigenvalue weighted by Crippen LogP contribution is 2.31. The Bertz CT molecular complexity index is 400. The Hall–Kier alpha value is -1.26. The molecule has 2 N–H and O–H groups in total. The zero-order valence-corrected chi connectivity index (χ0v) is 9.20. The molecule has 0 spiro atoms. The first-order valence-electron chi connectivity index (χ1n) is 5.73. The summed E-state index contributed by atoms with van der Waals surface area (Å²) in [6.07, 6.45) is 0. The Balaban J connectivity index is 1.92. The number of benzene rings is 1. The molecule has 0 aromatic heterocycles. The summed E-state index contributed by atoms with van der Waals surface area (Å²) >= 11 is 0. The van der Waals surface area contributed by atoms with E-state index in [-0.39, 0.29) is 0 Å². The van der Waals surface area contributed by atoms with Crippen LogP contribution in [0.2, 0.25) is 0 Å². The first-order valence-corrected chi connectivity index (χ1v) is 5.73. The molecule has 0 unspecified atom stereocenters. The predicted octanol–water partition coefficient (Wildman–Crippen LogP) is 0.832. The maximum atomic E-state index is 9.94. The van der Waals surface area contributed by atoms with Gasteiger partial charge in [0, 0.05) is 43.5 Å². The monoisotopic (exact) mass is 220 g/mol. The minimum absolute atomic E-state index is 0.420. The van der Waals surface area contributed by atoms with Crippen LogP contribution in [0.5, 0.6) is 5.75 Å². The van der Waals surface area contributed by atoms with Gasteiger partial charge in [-0.05, 0) is 11.6 Å². The van der Waals surface area contributed by atoms with E-state index in [1.54, 1.807) is 0 Å². The molecular formula is C12H16N2O2. The van der Waals surface area contributed by atoms with E-state index in [1.807, 2.05) is 6.07 Å². The highest BCUT2D eigenvalue weighted by atomic mass is 16.5. The number of nitrogens with zero attached hydrogens (tertiary/aromatic N) is 1. The van der Waals surface area contributed by atoms with Gasteiger partial charge >= 0.3 is 0 Å². The van der Waals surface area contributed by atoms with Crippen LogP contribution in [-0.2, 0) is 17.8 Å². The fraction of sp³-hybridized carbons (Fsp3) is 0.500. The lowest BCUT2D eigenvalue weighted by Crippen LogP contribution is -2.36. The minimum atomic E-state index is 0.420. The lowest BCUT2D eigenvalue weighted by molar-refractivity contribution is 0.122. The number of anilines is 1. The Morgan fingerprint density at radius 1 is 1.19 bits per heavy atom. The van der Waals surface area contributed by atoms with Gasteiger partial charge in [0.15, 0.2) is 0 Å². The first kappa shape index (κ1) is 9.93. The number of morpholine rings is 1. The zero-order chi connectivity index (χ0) is 11.0. The van der Waals surface area contributed by atoms with Crippen LogP contribution in [0.3, 0.4) is 0 Å². The van der Waals surface area contributed by atoms with Crippen molar-refractivity contribution in [1.82, 2.24) is 5.32 Å². The maximum absolute atomic E-state index is 9.94. The highest BCUT2D eigenvalue weighted by molar-refractivity contribution is 5.58. The van der Waals surface area contributed by atoms with Gasteiger partial charge in [-0.3, -0.25) is 0 Å². The molecule has 0 saturated carbocycles. The molecule has 3 rings (SSSR count). The van der Waals surface area contributed by atoms with Crippen LogP contribution in [-0.4, -0.2) is 31.4 Å². The van der Waals surface area contributed by atoms with E-state index < -0.39 is 0 Å². The van der Waals surface area contributed by atoms with Crippen molar-refractivity contribution < 1.29 is 9.84 Å². The van der Waals surface area contributed by atoms with E-state index in [2.05, 4.69) is 16.3 Å². The molecule has 1 saturated heterocycles. The molecular weight excluding hydrogens is 204 g/mol. The number of aromatic hydroxyl groups is 1. The first-order chi connectivity index (χ1) is 7.84. The smallest absolute Gasteiger partial charge is 0.122 e. The summed E-state index contributed by atoms with van der Waals surface area (Å²) in [5.41, 5.74) is 3.39. The summed E-state index contributed by atoms with van der Waals surface area (Å²) in [7, 11) is 0. The lowest BCUT2D eigenvalue weighted by Gasteiger charge is -2.29. The average molecular weight is 220 g/mol. The third-order valence-corrected chi connectivity index (χ3v) is 3.30. The Kier molecular flexibility index (Phi) is 2.46. The average Bonchev–Trinajstić information content (AvgIpc) is 2.79. The lowest BCUT2D eigenvalue weighted by atomic mass is 10.1. The van der Waals surface area contributed by atoms with Gasteiger partial charge in [0.2, 0.25) is 0 Å².